The molecule has 0 saturated carbocycles. The molecule has 0 spiro atoms. The summed E-state index contributed by atoms with van der Waals surface area (Å²) in [6, 6.07) is 28.3. The molecule has 1 aromatic heterocycles. The molecule has 0 amide bonds. The van der Waals surface area contributed by atoms with Crippen molar-refractivity contribution in [3.05, 3.63) is 119 Å². The van der Waals surface area contributed by atoms with E-state index in [-0.39, 0.29) is 4.90 Å². The lowest BCUT2D eigenvalue weighted by molar-refractivity contribution is 0.460. The molecule has 2 heterocycles. The Morgan fingerprint density at radius 2 is 1.51 bits per heavy atom. The van der Waals surface area contributed by atoms with Gasteiger partial charge in [0.25, 0.3) is 10.0 Å². The van der Waals surface area contributed by atoms with Crippen molar-refractivity contribution in [2.75, 3.05) is 0 Å². The highest BCUT2D eigenvalue weighted by Crippen LogP contribution is 2.44. The van der Waals surface area contributed by atoms with Crippen molar-refractivity contribution in [3.63, 3.8) is 0 Å². The third-order valence-electron chi connectivity index (χ3n) is 7.34. The number of aryl methyl sites for hydroxylation is 2. The summed E-state index contributed by atoms with van der Waals surface area (Å²) in [5.41, 5.74) is 7.05. The van der Waals surface area contributed by atoms with E-state index in [1.165, 1.54) is 9.87 Å². The lowest BCUT2D eigenvalue weighted by atomic mass is 9.87. The number of nitriles is 1. The van der Waals surface area contributed by atoms with Crippen LogP contribution in [0.15, 0.2) is 96.0 Å². The Morgan fingerprint density at radius 3 is 2.22 bits per heavy atom. The lowest BCUT2D eigenvalue weighted by Crippen LogP contribution is -2.32. The average Bonchev–Trinajstić information content (AvgIpc) is 3.26. The minimum atomic E-state index is -3.91. The van der Waals surface area contributed by atoms with Gasteiger partial charge in [0.1, 0.15) is 0 Å². The molecule has 6 heteroatoms. The summed E-state index contributed by atoms with van der Waals surface area (Å²) < 4.78 is 30.7. The number of nitrogens with zero attached hydrogens (tertiary/aromatic N) is 3. The molecule has 1 unspecified atom stereocenters. The maximum atomic E-state index is 13.6. The van der Waals surface area contributed by atoms with Gasteiger partial charge in [-0.05, 0) is 60.4 Å². The quantitative estimate of drug-likeness (QED) is 0.274. The van der Waals surface area contributed by atoms with Gasteiger partial charge in [0.05, 0.1) is 16.5 Å². The first-order valence-corrected chi connectivity index (χ1v) is 13.6. The maximum absolute atomic E-state index is 13.6. The summed E-state index contributed by atoms with van der Waals surface area (Å²) in [5, 5.41) is 12.5. The van der Waals surface area contributed by atoms with Gasteiger partial charge in [-0.15, -0.1) is 0 Å². The summed E-state index contributed by atoms with van der Waals surface area (Å²) in [6.45, 7) is 4.79. The Kier molecular flexibility index (Phi) is 5.40. The monoisotopic (exact) mass is 503 g/mol. The third-order valence-corrected chi connectivity index (χ3v) is 9.10. The smallest absolute Gasteiger partial charge is 0.265 e. The molecule has 1 aliphatic heterocycles. The fourth-order valence-corrected chi connectivity index (χ4v) is 7.05. The molecule has 5 nitrogen and oxygen atoms in total. The van der Waals surface area contributed by atoms with Crippen molar-refractivity contribution in [1.29, 1.82) is 5.26 Å². The highest BCUT2D eigenvalue weighted by Gasteiger charge is 2.36. The topological polar surface area (TPSA) is 66.1 Å². The van der Waals surface area contributed by atoms with Gasteiger partial charge in [-0.25, -0.2) is 8.42 Å². The van der Waals surface area contributed by atoms with Crippen LogP contribution in [0.25, 0.3) is 27.9 Å². The summed E-state index contributed by atoms with van der Waals surface area (Å²) >= 11 is 0. The fourth-order valence-electron chi connectivity index (χ4n) is 5.65. The van der Waals surface area contributed by atoms with E-state index in [2.05, 4.69) is 41.8 Å². The van der Waals surface area contributed by atoms with Crippen molar-refractivity contribution < 1.29 is 8.42 Å². The van der Waals surface area contributed by atoms with Crippen LogP contribution in [0.3, 0.4) is 0 Å². The predicted octanol–water partition coefficient (Wildman–Crippen LogP) is 6.70. The van der Waals surface area contributed by atoms with Crippen LogP contribution in [0.1, 0.15) is 33.9 Å². The minimum absolute atomic E-state index is 0.165. The van der Waals surface area contributed by atoms with Crippen LogP contribution < -0.4 is 0 Å². The molecule has 1 atom stereocenters. The van der Waals surface area contributed by atoms with Crippen molar-refractivity contribution >= 4 is 37.9 Å². The molecule has 0 saturated heterocycles. The number of hydrogen-bond donors (Lipinski definition) is 0. The molecule has 182 valence electrons. The van der Waals surface area contributed by atoms with E-state index >= 15 is 0 Å². The number of aromatic nitrogens is 1. The molecule has 6 rings (SSSR count). The number of sulfonamides is 1. The number of para-hydroxylation sites is 1. The number of hydrogen-bond acceptors (Lipinski definition) is 3. The number of rotatable bonds is 4. The van der Waals surface area contributed by atoms with Crippen molar-refractivity contribution in [2.24, 2.45) is 0 Å². The molecule has 0 radical (unpaired) electrons. The Labute approximate surface area is 216 Å². The van der Waals surface area contributed by atoms with Crippen LogP contribution in [0, 0.1) is 25.2 Å². The zero-order chi connectivity index (χ0) is 25.7. The molecule has 0 N–H and O–H groups in total. The van der Waals surface area contributed by atoms with Gasteiger partial charge < -0.3 is 4.57 Å². The maximum Gasteiger partial charge on any atom is 0.265 e. The van der Waals surface area contributed by atoms with Crippen LogP contribution in [0.5, 0.6) is 0 Å². The van der Waals surface area contributed by atoms with Crippen LogP contribution in [-0.4, -0.2) is 17.3 Å². The van der Waals surface area contributed by atoms with Crippen molar-refractivity contribution in [2.45, 2.75) is 31.3 Å². The van der Waals surface area contributed by atoms with Gasteiger partial charge in [0.15, 0.2) is 6.04 Å². The Balaban J connectivity index is 1.63. The van der Waals surface area contributed by atoms with E-state index in [0.29, 0.717) is 6.54 Å². The van der Waals surface area contributed by atoms with E-state index in [9.17, 15) is 13.7 Å². The fraction of sp³-hybridized carbons (Fsp3) is 0.129. The lowest BCUT2D eigenvalue weighted by Gasteiger charge is -2.32. The standard InChI is InChI=1S/C31H25N3O2S/c1-21-25-17-18-34(37(35,36)24-13-7-4-8-14-24)28(19-32)29(25)22(2)30-26-15-9-10-16-27(26)33(31(21)30)20-23-11-5-3-6-12-23/h3-18,28H,20H2,1-2H3. The summed E-state index contributed by atoms with van der Waals surface area (Å²) in [5.74, 6) is 0. The Morgan fingerprint density at radius 1 is 0.865 bits per heavy atom. The van der Waals surface area contributed by atoms with Gasteiger partial charge in [-0.3, -0.25) is 4.31 Å². The summed E-state index contributed by atoms with van der Waals surface area (Å²) in [7, 11) is -3.91. The number of benzene rings is 4. The average molecular weight is 504 g/mol. The normalized spacial score (nSPS) is 15.2. The first kappa shape index (κ1) is 23.1. The van der Waals surface area contributed by atoms with E-state index in [4.69, 9.17) is 0 Å². The van der Waals surface area contributed by atoms with Crippen LogP contribution >= 0.6 is 0 Å². The van der Waals surface area contributed by atoms with E-state index < -0.39 is 16.1 Å². The van der Waals surface area contributed by atoms with E-state index in [1.807, 2.05) is 43.3 Å². The van der Waals surface area contributed by atoms with E-state index in [0.717, 1.165) is 44.1 Å². The second kappa shape index (κ2) is 8.65. The van der Waals surface area contributed by atoms with Gasteiger partial charge >= 0.3 is 0 Å². The van der Waals surface area contributed by atoms with Crippen molar-refractivity contribution in [1.82, 2.24) is 8.87 Å². The minimum Gasteiger partial charge on any atom is -0.336 e. The van der Waals surface area contributed by atoms with Gasteiger partial charge in [0.2, 0.25) is 0 Å². The Hall–Kier alpha value is -4.34. The van der Waals surface area contributed by atoms with Crippen LogP contribution in [0.4, 0.5) is 0 Å². The zero-order valence-corrected chi connectivity index (χ0v) is 21.4. The highest BCUT2D eigenvalue weighted by atomic mass is 32.2. The van der Waals surface area contributed by atoms with Crippen LogP contribution in [0.2, 0.25) is 0 Å². The first-order chi connectivity index (χ1) is 17.9. The first-order valence-electron chi connectivity index (χ1n) is 12.2. The molecular weight excluding hydrogens is 478 g/mol. The largest absolute Gasteiger partial charge is 0.336 e. The molecule has 0 bridgehead atoms. The second-order valence-corrected chi connectivity index (χ2v) is 11.2. The predicted molar refractivity (Wildman–Crippen MR) is 147 cm³/mol. The second-order valence-electron chi connectivity index (χ2n) is 9.39. The highest BCUT2D eigenvalue weighted by molar-refractivity contribution is 7.89. The molecule has 37 heavy (non-hydrogen) atoms. The van der Waals surface area contributed by atoms with E-state index in [1.54, 1.807) is 36.5 Å². The van der Waals surface area contributed by atoms with Gasteiger partial charge in [-0.2, -0.15) is 5.26 Å². The molecular formula is C31H25N3O2S. The van der Waals surface area contributed by atoms with Crippen LogP contribution in [-0.2, 0) is 16.6 Å². The Bertz CT molecular complexity index is 1850. The third kappa shape index (κ3) is 3.46. The molecule has 1 aliphatic rings. The zero-order valence-electron chi connectivity index (χ0n) is 20.6. The van der Waals surface area contributed by atoms with Gasteiger partial charge in [-0.1, -0.05) is 66.7 Å². The molecule has 0 aliphatic carbocycles. The SMILES string of the molecule is Cc1c2c(c(C)c3c1c1ccccc1n3Cc1ccccc1)C=CN(S(=O)(=O)c1ccccc1)C2C#N. The molecule has 4 aromatic carbocycles. The van der Waals surface area contributed by atoms with Gasteiger partial charge in [0, 0.05) is 34.6 Å². The molecule has 5 aromatic rings. The number of fused-ring (bicyclic) bond motifs is 4. The van der Waals surface area contributed by atoms with Crippen molar-refractivity contribution in [3.8, 4) is 6.07 Å². The summed E-state index contributed by atoms with van der Waals surface area (Å²) in [6.07, 6.45) is 3.39. The summed E-state index contributed by atoms with van der Waals surface area (Å²) in [4.78, 5) is 0.165. The molecule has 0 fully saturated rings.